The van der Waals surface area contributed by atoms with Crippen LogP contribution in [0.3, 0.4) is 0 Å². The molecule has 1 unspecified atom stereocenters. The molecule has 2 aliphatic rings. The molecule has 1 fully saturated rings. The Kier molecular flexibility index (Phi) is 3.08. The summed E-state index contributed by atoms with van der Waals surface area (Å²) < 4.78 is 0. The Morgan fingerprint density at radius 3 is 2.78 bits per heavy atom. The highest BCUT2D eigenvalue weighted by atomic mass is 16.3. The van der Waals surface area contributed by atoms with Crippen molar-refractivity contribution >= 4 is 11.6 Å². The summed E-state index contributed by atoms with van der Waals surface area (Å²) in [6.07, 6.45) is 6.07. The van der Waals surface area contributed by atoms with Gasteiger partial charge in [-0.2, -0.15) is 0 Å². The highest BCUT2D eigenvalue weighted by Crippen LogP contribution is 2.36. The van der Waals surface area contributed by atoms with E-state index in [9.17, 15) is 9.90 Å². The molecule has 1 heterocycles. The van der Waals surface area contributed by atoms with Crippen LogP contribution >= 0.6 is 0 Å². The number of nitrogens with one attached hydrogen (secondary N) is 1. The first-order chi connectivity index (χ1) is 8.74. The quantitative estimate of drug-likeness (QED) is 0.841. The van der Waals surface area contributed by atoms with Crippen molar-refractivity contribution in [3.63, 3.8) is 0 Å². The maximum atomic E-state index is 11.3. The van der Waals surface area contributed by atoms with Gasteiger partial charge in [0, 0.05) is 5.69 Å². The Morgan fingerprint density at radius 1 is 1.22 bits per heavy atom. The number of aliphatic hydroxyl groups is 1. The molecule has 1 aromatic carbocycles. The molecule has 3 heteroatoms. The molecule has 1 aliphatic carbocycles. The summed E-state index contributed by atoms with van der Waals surface area (Å²) in [4.78, 5) is 11.3. The second-order valence-electron chi connectivity index (χ2n) is 5.48. The molecule has 96 valence electrons. The van der Waals surface area contributed by atoms with Crippen LogP contribution in [-0.4, -0.2) is 11.0 Å². The van der Waals surface area contributed by atoms with E-state index < -0.39 is 0 Å². The number of rotatable bonds is 2. The Labute approximate surface area is 107 Å². The van der Waals surface area contributed by atoms with E-state index in [1.807, 2.05) is 18.2 Å². The minimum atomic E-state index is -0.369. The van der Waals surface area contributed by atoms with Crippen LogP contribution < -0.4 is 5.32 Å². The van der Waals surface area contributed by atoms with Gasteiger partial charge >= 0.3 is 0 Å². The van der Waals surface area contributed by atoms with E-state index in [2.05, 4.69) is 5.32 Å². The Morgan fingerprint density at radius 2 is 2.00 bits per heavy atom. The van der Waals surface area contributed by atoms with Crippen molar-refractivity contribution in [2.24, 2.45) is 5.92 Å². The predicted molar refractivity (Wildman–Crippen MR) is 70.3 cm³/mol. The van der Waals surface area contributed by atoms with E-state index in [1.54, 1.807) is 0 Å². The zero-order valence-electron chi connectivity index (χ0n) is 10.5. The topological polar surface area (TPSA) is 49.3 Å². The Balaban J connectivity index is 1.80. The van der Waals surface area contributed by atoms with Gasteiger partial charge in [0.15, 0.2) is 0 Å². The number of hydrogen-bond donors (Lipinski definition) is 2. The van der Waals surface area contributed by atoms with E-state index in [1.165, 1.54) is 19.3 Å². The molecule has 0 saturated heterocycles. The second kappa shape index (κ2) is 4.73. The van der Waals surface area contributed by atoms with Gasteiger partial charge in [0.25, 0.3) is 0 Å². The molecule has 0 bridgehead atoms. The standard InChI is InChI=1S/C15H19NO2/c17-14-9-12-8-11(6-7-13(12)16-14)15(18)10-4-2-1-3-5-10/h6-8,10,15,18H,1-5,9H2,(H,16,17). The molecule has 0 spiro atoms. The lowest BCUT2D eigenvalue weighted by Crippen LogP contribution is -2.16. The van der Waals surface area contributed by atoms with Crippen molar-refractivity contribution in [3.8, 4) is 0 Å². The first-order valence-corrected chi connectivity index (χ1v) is 6.85. The lowest BCUT2D eigenvalue weighted by molar-refractivity contribution is -0.115. The zero-order valence-corrected chi connectivity index (χ0v) is 10.5. The monoisotopic (exact) mass is 245 g/mol. The lowest BCUT2D eigenvalue weighted by Gasteiger charge is -2.27. The Bertz CT molecular complexity index is 464. The van der Waals surface area contributed by atoms with Gasteiger partial charge in [-0.25, -0.2) is 0 Å². The van der Waals surface area contributed by atoms with Crippen molar-refractivity contribution in [1.82, 2.24) is 0 Å². The molecule has 1 aliphatic heterocycles. The number of benzene rings is 1. The number of carbonyl (C=O) groups is 1. The number of anilines is 1. The molecule has 18 heavy (non-hydrogen) atoms. The maximum Gasteiger partial charge on any atom is 0.228 e. The molecule has 0 radical (unpaired) electrons. The largest absolute Gasteiger partial charge is 0.388 e. The molecule has 3 nitrogen and oxygen atoms in total. The van der Waals surface area contributed by atoms with Gasteiger partial charge in [0.05, 0.1) is 12.5 Å². The number of hydrogen-bond acceptors (Lipinski definition) is 2. The van der Waals surface area contributed by atoms with Crippen molar-refractivity contribution in [3.05, 3.63) is 29.3 Å². The van der Waals surface area contributed by atoms with Crippen molar-refractivity contribution in [1.29, 1.82) is 0 Å². The van der Waals surface area contributed by atoms with Crippen LogP contribution in [0.15, 0.2) is 18.2 Å². The number of aliphatic hydroxyl groups excluding tert-OH is 1. The van der Waals surface area contributed by atoms with E-state index in [4.69, 9.17) is 0 Å². The SMILES string of the molecule is O=C1Cc2cc(C(O)C3CCCCC3)ccc2N1. The molecular formula is C15H19NO2. The van der Waals surface area contributed by atoms with Gasteiger partial charge in [-0.3, -0.25) is 4.79 Å². The van der Waals surface area contributed by atoms with Gasteiger partial charge in [0.1, 0.15) is 0 Å². The third-order valence-corrected chi connectivity index (χ3v) is 4.19. The van der Waals surface area contributed by atoms with E-state index >= 15 is 0 Å². The van der Waals surface area contributed by atoms with Gasteiger partial charge in [0.2, 0.25) is 5.91 Å². The summed E-state index contributed by atoms with van der Waals surface area (Å²) in [5, 5.41) is 13.3. The number of fused-ring (bicyclic) bond motifs is 1. The minimum Gasteiger partial charge on any atom is -0.388 e. The summed E-state index contributed by atoms with van der Waals surface area (Å²) in [6, 6.07) is 5.86. The number of carbonyl (C=O) groups excluding carboxylic acids is 1. The fourth-order valence-corrected chi connectivity index (χ4v) is 3.16. The summed E-state index contributed by atoms with van der Waals surface area (Å²) >= 11 is 0. The third kappa shape index (κ3) is 2.15. The lowest BCUT2D eigenvalue weighted by atomic mass is 9.82. The molecular weight excluding hydrogens is 226 g/mol. The summed E-state index contributed by atoms with van der Waals surface area (Å²) in [6.45, 7) is 0. The molecule has 1 atom stereocenters. The molecule has 0 aromatic heterocycles. The van der Waals surface area contributed by atoms with Crippen molar-refractivity contribution < 1.29 is 9.90 Å². The first-order valence-electron chi connectivity index (χ1n) is 6.85. The maximum absolute atomic E-state index is 11.3. The highest BCUT2D eigenvalue weighted by molar-refractivity contribution is 5.99. The second-order valence-corrected chi connectivity index (χ2v) is 5.48. The summed E-state index contributed by atoms with van der Waals surface area (Å²) in [7, 11) is 0. The summed E-state index contributed by atoms with van der Waals surface area (Å²) in [5.74, 6) is 0.441. The zero-order chi connectivity index (χ0) is 12.5. The fourth-order valence-electron chi connectivity index (χ4n) is 3.16. The molecule has 1 aromatic rings. The predicted octanol–water partition coefficient (Wildman–Crippen LogP) is 2.79. The smallest absolute Gasteiger partial charge is 0.228 e. The summed E-state index contributed by atoms with van der Waals surface area (Å²) in [5.41, 5.74) is 2.89. The van der Waals surface area contributed by atoms with E-state index in [-0.39, 0.29) is 12.0 Å². The van der Waals surface area contributed by atoms with Gasteiger partial charge in [-0.15, -0.1) is 0 Å². The average molecular weight is 245 g/mol. The molecule has 3 rings (SSSR count). The van der Waals surface area contributed by atoms with Crippen LogP contribution in [0.2, 0.25) is 0 Å². The van der Waals surface area contributed by atoms with Gasteiger partial charge < -0.3 is 10.4 Å². The number of amides is 1. The highest BCUT2D eigenvalue weighted by Gasteiger charge is 2.25. The van der Waals surface area contributed by atoms with E-state index in [0.29, 0.717) is 12.3 Å². The first kappa shape index (κ1) is 11.7. The minimum absolute atomic E-state index is 0.0503. The molecule has 1 amide bonds. The van der Waals surface area contributed by atoms with Crippen LogP contribution in [-0.2, 0) is 11.2 Å². The van der Waals surface area contributed by atoms with Crippen LogP contribution in [0.25, 0.3) is 0 Å². The Hall–Kier alpha value is -1.35. The third-order valence-electron chi connectivity index (χ3n) is 4.19. The molecule has 2 N–H and O–H groups in total. The molecule has 1 saturated carbocycles. The van der Waals surface area contributed by atoms with Crippen LogP contribution in [0.1, 0.15) is 49.3 Å². The van der Waals surface area contributed by atoms with Crippen molar-refractivity contribution in [2.75, 3.05) is 5.32 Å². The average Bonchev–Trinajstić information content (AvgIpc) is 2.78. The fraction of sp³-hybridized carbons (Fsp3) is 0.533. The van der Waals surface area contributed by atoms with Crippen molar-refractivity contribution in [2.45, 2.75) is 44.6 Å². The van der Waals surface area contributed by atoms with Crippen LogP contribution in [0.5, 0.6) is 0 Å². The van der Waals surface area contributed by atoms with Gasteiger partial charge in [-0.1, -0.05) is 31.4 Å². The normalized spacial score (nSPS) is 21.5. The van der Waals surface area contributed by atoms with Crippen LogP contribution in [0, 0.1) is 5.92 Å². The van der Waals surface area contributed by atoms with Gasteiger partial charge in [-0.05, 0) is 36.0 Å². The van der Waals surface area contributed by atoms with Crippen LogP contribution in [0.4, 0.5) is 5.69 Å². The van der Waals surface area contributed by atoms with E-state index in [0.717, 1.165) is 29.7 Å².